The highest BCUT2D eigenvalue weighted by molar-refractivity contribution is 6.05. The van der Waals surface area contributed by atoms with Crippen molar-refractivity contribution in [3.05, 3.63) is 273 Å². The molecule has 12 aromatic rings. The second kappa shape index (κ2) is 17.3. The highest BCUT2D eigenvalue weighted by atomic mass is 15.1. The third-order valence-corrected chi connectivity index (χ3v) is 13.3. The number of nitrogens with zero attached hydrogens (tertiary/aromatic N) is 1. The molecule has 0 aromatic heterocycles. The molecule has 0 radical (unpaired) electrons. The van der Waals surface area contributed by atoms with Crippen LogP contribution in [0.3, 0.4) is 0 Å². The first-order valence-corrected chi connectivity index (χ1v) is 23.1. The predicted octanol–water partition coefficient (Wildman–Crippen LogP) is 18.6. The second-order valence-corrected chi connectivity index (χ2v) is 17.2. The average molecular weight is 852 g/mol. The molecule has 0 bridgehead atoms. The molecular formula is C66H45N. The van der Waals surface area contributed by atoms with Crippen LogP contribution in [0.1, 0.15) is 0 Å². The molecule has 0 aliphatic heterocycles. The topological polar surface area (TPSA) is 3.24 Å². The Morgan fingerprint density at radius 2 is 0.448 bits per heavy atom. The second-order valence-electron chi connectivity index (χ2n) is 17.2. The van der Waals surface area contributed by atoms with Gasteiger partial charge >= 0.3 is 0 Å². The molecule has 12 aromatic carbocycles. The lowest BCUT2D eigenvalue weighted by atomic mass is 9.89. The van der Waals surface area contributed by atoms with Gasteiger partial charge in [0.1, 0.15) is 0 Å². The summed E-state index contributed by atoms with van der Waals surface area (Å²) in [7, 11) is 0. The average Bonchev–Trinajstić information content (AvgIpc) is 3.41. The van der Waals surface area contributed by atoms with E-state index in [0.29, 0.717) is 0 Å². The van der Waals surface area contributed by atoms with Gasteiger partial charge in [0.25, 0.3) is 0 Å². The molecule has 0 saturated carbocycles. The minimum absolute atomic E-state index is 1.07. The minimum atomic E-state index is 1.07. The Morgan fingerprint density at radius 1 is 0.179 bits per heavy atom. The van der Waals surface area contributed by atoms with Gasteiger partial charge in [0.15, 0.2) is 0 Å². The molecule has 0 N–H and O–H groups in total. The van der Waals surface area contributed by atoms with Crippen LogP contribution in [0.2, 0.25) is 0 Å². The van der Waals surface area contributed by atoms with E-state index in [9.17, 15) is 0 Å². The van der Waals surface area contributed by atoms with Crippen molar-refractivity contribution in [2.75, 3.05) is 4.90 Å². The summed E-state index contributed by atoms with van der Waals surface area (Å²) in [6, 6.07) is 99.7. The van der Waals surface area contributed by atoms with E-state index in [4.69, 9.17) is 0 Å². The maximum absolute atomic E-state index is 2.46. The normalized spacial score (nSPS) is 11.3. The minimum Gasteiger partial charge on any atom is -0.310 e. The molecule has 1 nitrogen and oxygen atoms in total. The summed E-state index contributed by atoms with van der Waals surface area (Å²) in [6.45, 7) is 0. The van der Waals surface area contributed by atoms with E-state index in [1.165, 1.54) is 99.1 Å². The highest BCUT2D eigenvalue weighted by Gasteiger charge is 2.22. The number of hydrogen-bond donors (Lipinski definition) is 0. The molecule has 0 heterocycles. The van der Waals surface area contributed by atoms with Crippen molar-refractivity contribution in [1.82, 2.24) is 0 Å². The van der Waals surface area contributed by atoms with Gasteiger partial charge in [-0.15, -0.1) is 0 Å². The van der Waals surface area contributed by atoms with Crippen LogP contribution in [-0.4, -0.2) is 0 Å². The Kier molecular flexibility index (Phi) is 10.3. The summed E-state index contributed by atoms with van der Waals surface area (Å²) in [5.74, 6) is 0. The molecule has 314 valence electrons. The maximum atomic E-state index is 2.46. The summed E-state index contributed by atoms with van der Waals surface area (Å²) in [4.78, 5) is 2.46. The molecule has 1 heteroatoms. The van der Waals surface area contributed by atoms with Crippen LogP contribution in [0.4, 0.5) is 17.1 Å². The number of benzene rings is 12. The van der Waals surface area contributed by atoms with Crippen molar-refractivity contribution in [1.29, 1.82) is 0 Å². The molecule has 67 heavy (non-hydrogen) atoms. The number of rotatable bonds is 9. The van der Waals surface area contributed by atoms with E-state index in [0.717, 1.165) is 17.1 Å². The zero-order chi connectivity index (χ0) is 44.5. The van der Waals surface area contributed by atoms with Crippen molar-refractivity contribution < 1.29 is 0 Å². The quantitative estimate of drug-likeness (QED) is 0.140. The first-order chi connectivity index (χ1) is 33.2. The molecule has 0 amide bonds. The smallest absolute Gasteiger partial charge is 0.0468 e. The zero-order valence-electron chi connectivity index (χ0n) is 36.9. The fourth-order valence-electron chi connectivity index (χ4n) is 10.1. The van der Waals surface area contributed by atoms with Gasteiger partial charge in [0, 0.05) is 17.1 Å². The van der Waals surface area contributed by atoms with E-state index >= 15 is 0 Å². The van der Waals surface area contributed by atoms with Gasteiger partial charge in [-0.05, 0) is 135 Å². The van der Waals surface area contributed by atoms with E-state index in [1.54, 1.807) is 0 Å². The van der Waals surface area contributed by atoms with Gasteiger partial charge in [-0.25, -0.2) is 0 Å². The number of anilines is 3. The van der Waals surface area contributed by atoms with Gasteiger partial charge in [-0.1, -0.05) is 237 Å². The first kappa shape index (κ1) is 39.8. The lowest BCUT2D eigenvalue weighted by Crippen LogP contribution is -2.11. The Hall–Kier alpha value is -8.78. The molecule has 0 atom stereocenters. The van der Waals surface area contributed by atoms with Gasteiger partial charge in [-0.2, -0.15) is 0 Å². The van der Waals surface area contributed by atoms with Crippen LogP contribution in [0.5, 0.6) is 0 Å². The van der Waals surface area contributed by atoms with Gasteiger partial charge in [0.05, 0.1) is 0 Å². The van der Waals surface area contributed by atoms with Crippen molar-refractivity contribution in [2.45, 2.75) is 0 Å². The predicted molar refractivity (Wildman–Crippen MR) is 286 cm³/mol. The van der Waals surface area contributed by atoms with Crippen LogP contribution in [0, 0.1) is 0 Å². The van der Waals surface area contributed by atoms with E-state index in [1.807, 2.05) is 0 Å². The summed E-state index contributed by atoms with van der Waals surface area (Å²) < 4.78 is 0. The van der Waals surface area contributed by atoms with Crippen molar-refractivity contribution in [3.8, 4) is 66.8 Å². The van der Waals surface area contributed by atoms with Crippen LogP contribution < -0.4 is 4.90 Å². The number of fused-ring (bicyclic) bond motifs is 3. The first-order valence-electron chi connectivity index (χ1n) is 23.1. The molecule has 0 fully saturated rings. The fraction of sp³-hybridized carbons (Fsp3) is 0. The Balaban J connectivity index is 1.13. The number of hydrogen-bond acceptors (Lipinski definition) is 1. The lowest BCUT2D eigenvalue weighted by molar-refractivity contribution is 1.28. The summed E-state index contributed by atoms with van der Waals surface area (Å²) in [5.41, 5.74) is 17.4. The fourth-order valence-corrected chi connectivity index (χ4v) is 10.1. The van der Waals surface area contributed by atoms with E-state index in [2.05, 4.69) is 278 Å². The van der Waals surface area contributed by atoms with Crippen LogP contribution >= 0.6 is 0 Å². The summed E-state index contributed by atoms with van der Waals surface area (Å²) in [6.07, 6.45) is 0. The maximum Gasteiger partial charge on any atom is 0.0468 e. The molecule has 0 aliphatic rings. The van der Waals surface area contributed by atoms with Crippen LogP contribution in [0.15, 0.2) is 273 Å². The van der Waals surface area contributed by atoms with E-state index < -0.39 is 0 Å². The molecule has 12 rings (SSSR count). The molecule has 0 spiro atoms. The molecule has 0 aliphatic carbocycles. The zero-order valence-corrected chi connectivity index (χ0v) is 36.9. The highest BCUT2D eigenvalue weighted by Crippen LogP contribution is 2.47. The molecule has 0 saturated heterocycles. The SMILES string of the molecule is c1ccc(-c2cc(N(c3ccc(-c4cccc5ccccc45)c(-c4ccccc4)c3)c3ccc(-c4cccc5ccccc45)c(-c4ccccc4)c3)ccc2-c2cccc3ccccc23)cc1. The van der Waals surface area contributed by atoms with Gasteiger partial charge in [0.2, 0.25) is 0 Å². The Morgan fingerprint density at radius 3 is 0.761 bits per heavy atom. The Labute approximate surface area is 392 Å². The van der Waals surface area contributed by atoms with Crippen molar-refractivity contribution in [3.63, 3.8) is 0 Å². The third kappa shape index (κ3) is 7.43. The molecule has 0 unspecified atom stereocenters. The van der Waals surface area contributed by atoms with E-state index in [-0.39, 0.29) is 0 Å². The van der Waals surface area contributed by atoms with Gasteiger partial charge in [-0.3, -0.25) is 0 Å². The Bertz CT molecular complexity index is 3330. The van der Waals surface area contributed by atoms with Gasteiger partial charge < -0.3 is 4.90 Å². The summed E-state index contributed by atoms with van der Waals surface area (Å²) in [5, 5.41) is 7.39. The molecular weight excluding hydrogens is 807 g/mol. The van der Waals surface area contributed by atoms with Crippen molar-refractivity contribution in [2.24, 2.45) is 0 Å². The standard InChI is InChI=1S/C66H45N/c1-4-19-49(20-5-1)64-43-52(37-40-61(64)58-34-16-28-46-25-10-13-31-55(46)58)67(53-38-41-62(65(44-53)50-21-6-2-7-22-50)59-35-17-29-47-26-11-14-32-56(47)59)54-39-42-63(66(45-54)51-23-8-3-9-24-51)60-36-18-30-48-27-12-15-33-57(48)60/h1-45H. The largest absolute Gasteiger partial charge is 0.310 e. The lowest BCUT2D eigenvalue weighted by Gasteiger charge is -2.29. The van der Waals surface area contributed by atoms with Crippen LogP contribution in [-0.2, 0) is 0 Å². The van der Waals surface area contributed by atoms with Crippen LogP contribution in [0.25, 0.3) is 99.1 Å². The van der Waals surface area contributed by atoms with Crippen molar-refractivity contribution >= 4 is 49.4 Å². The monoisotopic (exact) mass is 851 g/mol. The third-order valence-electron chi connectivity index (χ3n) is 13.3. The summed E-state index contributed by atoms with van der Waals surface area (Å²) >= 11 is 0.